The van der Waals surface area contributed by atoms with Gasteiger partial charge in [0.25, 0.3) is 0 Å². The molecule has 1 unspecified atom stereocenters. The van der Waals surface area contributed by atoms with Gasteiger partial charge in [0.05, 0.1) is 11.4 Å². The van der Waals surface area contributed by atoms with Gasteiger partial charge in [-0.25, -0.2) is 12.7 Å². The number of benzene rings is 2. The summed E-state index contributed by atoms with van der Waals surface area (Å²) in [4.78, 5) is 17.9. The quantitative estimate of drug-likeness (QED) is 0.529. The predicted molar refractivity (Wildman–Crippen MR) is 136 cm³/mol. The first-order valence-electron chi connectivity index (χ1n) is 12.1. The van der Waals surface area contributed by atoms with E-state index in [-0.39, 0.29) is 17.3 Å². The molecule has 1 aliphatic rings. The number of hydrogen-bond donors (Lipinski definition) is 1. The lowest BCUT2D eigenvalue weighted by molar-refractivity contribution is -0.123. The third kappa shape index (κ3) is 7.12. The van der Waals surface area contributed by atoms with Gasteiger partial charge in [-0.05, 0) is 49.5 Å². The van der Waals surface area contributed by atoms with Gasteiger partial charge in [0.2, 0.25) is 15.9 Å². The zero-order valence-corrected chi connectivity index (χ0v) is 21.4. The molecule has 1 heterocycles. The first-order valence-corrected chi connectivity index (χ1v) is 13.5. The molecule has 0 spiro atoms. The van der Waals surface area contributed by atoms with Crippen LogP contribution in [0.4, 0.5) is 0 Å². The zero-order valence-electron chi connectivity index (χ0n) is 20.6. The van der Waals surface area contributed by atoms with Gasteiger partial charge in [-0.3, -0.25) is 14.6 Å². The Bertz CT molecular complexity index is 1030. The summed E-state index contributed by atoms with van der Waals surface area (Å²) >= 11 is 0. The molecule has 1 amide bonds. The third-order valence-corrected chi connectivity index (χ3v) is 8.23. The molecule has 1 saturated heterocycles. The molecule has 8 heteroatoms. The van der Waals surface area contributed by atoms with E-state index in [1.54, 1.807) is 24.3 Å². The number of hydrogen-bond acceptors (Lipinski definition) is 5. The Hall–Kier alpha value is -2.26. The number of sulfonamides is 1. The molecule has 0 radical (unpaired) electrons. The maximum Gasteiger partial charge on any atom is 0.242 e. The lowest BCUT2D eigenvalue weighted by Gasteiger charge is -2.39. The first-order chi connectivity index (χ1) is 16.3. The summed E-state index contributed by atoms with van der Waals surface area (Å²) in [6.45, 7) is 6.47. The standard InChI is InChI=1S/C26H38N4O3S/c1-4-16-30(24-14-10-17-29(20-24)19-22-11-6-5-7-12-22)21-26(31)27-18-23-13-8-9-15-25(23)34(32,33)28(2)3/h5-9,11-13,15,24H,4,10,14,16-21H2,1-3H3,(H,27,31). The second-order valence-corrected chi connectivity index (χ2v) is 11.3. The number of nitrogens with one attached hydrogen (secondary N) is 1. The molecule has 34 heavy (non-hydrogen) atoms. The molecule has 1 atom stereocenters. The van der Waals surface area contributed by atoms with Crippen molar-refractivity contribution in [2.45, 2.75) is 50.2 Å². The normalized spacial score (nSPS) is 17.3. The maximum atomic E-state index is 12.9. The van der Waals surface area contributed by atoms with Crippen LogP contribution in [0.25, 0.3) is 0 Å². The number of likely N-dealkylation sites (tertiary alicyclic amines) is 1. The van der Waals surface area contributed by atoms with Crippen LogP contribution in [0.1, 0.15) is 37.3 Å². The van der Waals surface area contributed by atoms with Crippen molar-refractivity contribution in [3.8, 4) is 0 Å². The number of nitrogens with zero attached hydrogens (tertiary/aromatic N) is 3. The Morgan fingerprint density at radius 1 is 1.09 bits per heavy atom. The van der Waals surface area contributed by atoms with Crippen molar-refractivity contribution in [2.24, 2.45) is 0 Å². The number of carbonyl (C=O) groups excluding carboxylic acids is 1. The molecule has 7 nitrogen and oxygen atoms in total. The van der Waals surface area contributed by atoms with Crippen molar-refractivity contribution in [1.29, 1.82) is 0 Å². The maximum absolute atomic E-state index is 12.9. The highest BCUT2D eigenvalue weighted by Gasteiger charge is 2.27. The van der Waals surface area contributed by atoms with Crippen LogP contribution in [0.5, 0.6) is 0 Å². The second-order valence-electron chi connectivity index (χ2n) is 9.16. The molecule has 1 aliphatic heterocycles. The van der Waals surface area contributed by atoms with Crippen molar-refractivity contribution < 1.29 is 13.2 Å². The first kappa shape index (κ1) is 26.3. The summed E-state index contributed by atoms with van der Waals surface area (Å²) in [6.07, 6.45) is 3.18. The molecule has 2 aromatic rings. The van der Waals surface area contributed by atoms with Crippen molar-refractivity contribution in [3.63, 3.8) is 0 Å². The Morgan fingerprint density at radius 3 is 2.50 bits per heavy atom. The van der Waals surface area contributed by atoms with Crippen molar-refractivity contribution in [3.05, 3.63) is 65.7 Å². The lowest BCUT2D eigenvalue weighted by Crippen LogP contribution is -2.50. The van der Waals surface area contributed by atoms with Gasteiger partial charge in [0, 0.05) is 39.8 Å². The van der Waals surface area contributed by atoms with Gasteiger partial charge in [-0.2, -0.15) is 0 Å². The van der Waals surface area contributed by atoms with E-state index in [4.69, 9.17) is 0 Å². The highest BCUT2D eigenvalue weighted by Crippen LogP contribution is 2.20. The minimum atomic E-state index is -3.57. The van der Waals surface area contributed by atoms with Crippen molar-refractivity contribution in [1.82, 2.24) is 19.4 Å². The van der Waals surface area contributed by atoms with Gasteiger partial charge in [0.1, 0.15) is 0 Å². The number of rotatable bonds is 11. The Labute approximate surface area is 204 Å². The summed E-state index contributed by atoms with van der Waals surface area (Å²) < 4.78 is 26.5. The molecule has 186 valence electrons. The minimum absolute atomic E-state index is 0.0781. The van der Waals surface area contributed by atoms with Gasteiger partial charge >= 0.3 is 0 Å². The molecule has 1 fully saturated rings. The Kier molecular flexibility index (Phi) is 9.64. The topological polar surface area (TPSA) is 73.0 Å². The predicted octanol–water partition coefficient (Wildman–Crippen LogP) is 2.93. The molecule has 0 aliphatic carbocycles. The zero-order chi connectivity index (χ0) is 24.6. The summed E-state index contributed by atoms with van der Waals surface area (Å²) in [5, 5.41) is 2.95. The van der Waals surface area contributed by atoms with E-state index in [9.17, 15) is 13.2 Å². The van der Waals surface area contributed by atoms with E-state index in [1.807, 2.05) is 6.07 Å². The minimum Gasteiger partial charge on any atom is -0.351 e. The molecule has 0 bridgehead atoms. The molecule has 1 N–H and O–H groups in total. The summed E-state index contributed by atoms with van der Waals surface area (Å²) in [5.41, 5.74) is 1.91. The lowest BCUT2D eigenvalue weighted by atomic mass is 10.0. The van der Waals surface area contributed by atoms with Crippen molar-refractivity contribution in [2.75, 3.05) is 40.3 Å². The molecule has 0 aromatic heterocycles. The van der Waals surface area contributed by atoms with Crippen LogP contribution in [-0.2, 0) is 27.9 Å². The smallest absolute Gasteiger partial charge is 0.242 e. The van der Waals surface area contributed by atoms with Crippen LogP contribution in [0.2, 0.25) is 0 Å². The van der Waals surface area contributed by atoms with Crippen LogP contribution >= 0.6 is 0 Å². The highest BCUT2D eigenvalue weighted by atomic mass is 32.2. The van der Waals surface area contributed by atoms with E-state index in [0.717, 1.165) is 45.4 Å². The number of piperidine rings is 1. The van der Waals surface area contributed by atoms with Gasteiger partial charge in [-0.1, -0.05) is 55.5 Å². The number of amides is 1. The van der Waals surface area contributed by atoms with E-state index in [1.165, 1.54) is 24.0 Å². The van der Waals surface area contributed by atoms with Crippen LogP contribution in [0, 0.1) is 0 Å². The Balaban J connectivity index is 1.60. The fourth-order valence-electron chi connectivity index (χ4n) is 4.52. The average molecular weight is 487 g/mol. The average Bonchev–Trinajstić information content (AvgIpc) is 2.83. The summed E-state index contributed by atoms with van der Waals surface area (Å²) in [6, 6.07) is 17.7. The van der Waals surface area contributed by atoms with Crippen LogP contribution in [0.3, 0.4) is 0 Å². The second kappa shape index (κ2) is 12.4. The van der Waals surface area contributed by atoms with Gasteiger partial charge in [0.15, 0.2) is 0 Å². The van der Waals surface area contributed by atoms with E-state index in [2.05, 4.69) is 46.3 Å². The molecular formula is C26H38N4O3S. The van der Waals surface area contributed by atoms with E-state index >= 15 is 0 Å². The fourth-order valence-corrected chi connectivity index (χ4v) is 5.64. The fraction of sp³-hybridized carbons (Fsp3) is 0.500. The summed E-state index contributed by atoms with van der Waals surface area (Å²) in [5.74, 6) is -0.0781. The van der Waals surface area contributed by atoms with Gasteiger partial charge in [-0.15, -0.1) is 0 Å². The Morgan fingerprint density at radius 2 is 1.79 bits per heavy atom. The number of carbonyl (C=O) groups is 1. The van der Waals surface area contributed by atoms with Crippen LogP contribution < -0.4 is 5.32 Å². The molecule has 2 aromatic carbocycles. The highest BCUT2D eigenvalue weighted by molar-refractivity contribution is 7.89. The van der Waals surface area contributed by atoms with Crippen LogP contribution in [-0.4, -0.2) is 74.7 Å². The van der Waals surface area contributed by atoms with Crippen molar-refractivity contribution >= 4 is 15.9 Å². The largest absolute Gasteiger partial charge is 0.351 e. The van der Waals surface area contributed by atoms with E-state index < -0.39 is 10.0 Å². The van der Waals surface area contributed by atoms with Gasteiger partial charge < -0.3 is 5.32 Å². The SMILES string of the molecule is CCCN(CC(=O)NCc1ccccc1S(=O)(=O)N(C)C)C1CCCN(Cc2ccccc2)C1. The third-order valence-electron chi connectivity index (χ3n) is 6.31. The molecule has 3 rings (SSSR count). The molecular weight excluding hydrogens is 448 g/mol. The van der Waals surface area contributed by atoms with E-state index in [0.29, 0.717) is 18.2 Å². The monoisotopic (exact) mass is 486 g/mol. The molecule has 0 saturated carbocycles. The summed E-state index contributed by atoms with van der Waals surface area (Å²) in [7, 11) is -0.545. The van der Waals surface area contributed by atoms with Crippen LogP contribution in [0.15, 0.2) is 59.5 Å².